The number of nitrogens with zero attached hydrogens (tertiary/aromatic N) is 1. The van der Waals surface area contributed by atoms with E-state index in [4.69, 9.17) is 4.74 Å². The van der Waals surface area contributed by atoms with Gasteiger partial charge in [0.2, 0.25) is 5.91 Å². The summed E-state index contributed by atoms with van der Waals surface area (Å²) in [6.45, 7) is 2.38. The van der Waals surface area contributed by atoms with Gasteiger partial charge in [-0.2, -0.15) is 0 Å². The van der Waals surface area contributed by atoms with Crippen LogP contribution in [0.3, 0.4) is 0 Å². The predicted octanol–water partition coefficient (Wildman–Crippen LogP) is 4.87. The van der Waals surface area contributed by atoms with Crippen molar-refractivity contribution in [3.8, 4) is 0 Å². The fourth-order valence-corrected chi connectivity index (χ4v) is 6.18. The second kappa shape index (κ2) is 8.24. The summed E-state index contributed by atoms with van der Waals surface area (Å²) in [5.74, 6) is 0.376. The number of hydrogen-bond acceptors (Lipinski definition) is 4. The van der Waals surface area contributed by atoms with Crippen LogP contribution in [0.5, 0.6) is 0 Å². The molecule has 2 aromatic rings. The Labute approximate surface area is 164 Å². The highest BCUT2D eigenvalue weighted by molar-refractivity contribution is 7.10. The Bertz CT molecular complexity index is 684. The molecule has 0 bridgehead atoms. The van der Waals surface area contributed by atoms with Crippen molar-refractivity contribution in [2.75, 3.05) is 19.8 Å². The number of amides is 1. The first-order chi connectivity index (χ1) is 12.8. The zero-order valence-corrected chi connectivity index (χ0v) is 16.8. The lowest BCUT2D eigenvalue weighted by atomic mass is 9.82. The first-order valence-corrected chi connectivity index (χ1v) is 11.5. The number of carbonyl (C=O) groups excluding carboxylic acids is 1. The average molecular weight is 390 g/mol. The van der Waals surface area contributed by atoms with E-state index in [0.29, 0.717) is 11.9 Å². The zero-order valence-electron chi connectivity index (χ0n) is 15.2. The number of ether oxygens (including phenoxy) is 1. The molecule has 1 aliphatic heterocycles. The molecule has 1 saturated carbocycles. The van der Waals surface area contributed by atoms with E-state index in [0.717, 1.165) is 64.7 Å². The molecule has 3 heterocycles. The van der Waals surface area contributed by atoms with Crippen molar-refractivity contribution in [3.63, 3.8) is 0 Å². The van der Waals surface area contributed by atoms with E-state index in [1.165, 1.54) is 9.75 Å². The molecule has 2 aromatic heterocycles. The van der Waals surface area contributed by atoms with Crippen molar-refractivity contribution in [2.45, 2.75) is 56.4 Å². The topological polar surface area (TPSA) is 29.5 Å². The van der Waals surface area contributed by atoms with Crippen molar-refractivity contribution >= 4 is 28.6 Å². The highest BCUT2D eigenvalue weighted by Gasteiger charge is 2.47. The van der Waals surface area contributed by atoms with Crippen LogP contribution in [0, 0.1) is 0 Å². The summed E-state index contributed by atoms with van der Waals surface area (Å²) in [6, 6.07) is 8.88. The minimum Gasteiger partial charge on any atom is -0.381 e. The smallest absolute Gasteiger partial charge is 0.234 e. The van der Waals surface area contributed by atoms with Crippen LogP contribution in [-0.4, -0.2) is 36.6 Å². The van der Waals surface area contributed by atoms with Gasteiger partial charge in [0.05, 0.1) is 5.41 Å². The molecule has 1 saturated heterocycles. The van der Waals surface area contributed by atoms with Gasteiger partial charge in [-0.1, -0.05) is 25.0 Å². The van der Waals surface area contributed by atoms with Crippen LogP contribution >= 0.6 is 22.7 Å². The van der Waals surface area contributed by atoms with Gasteiger partial charge in [-0.25, -0.2) is 0 Å². The number of hydrogen-bond donors (Lipinski definition) is 0. The van der Waals surface area contributed by atoms with Crippen molar-refractivity contribution in [2.24, 2.45) is 0 Å². The second-order valence-electron chi connectivity index (χ2n) is 7.44. The first-order valence-electron chi connectivity index (χ1n) is 9.75. The highest BCUT2D eigenvalue weighted by atomic mass is 32.1. The fraction of sp³-hybridized carbons (Fsp3) is 0.571. The van der Waals surface area contributed by atoms with Gasteiger partial charge in [0.25, 0.3) is 0 Å². The normalized spacial score (nSPS) is 20.3. The Morgan fingerprint density at radius 3 is 2.50 bits per heavy atom. The van der Waals surface area contributed by atoms with Crippen molar-refractivity contribution in [3.05, 3.63) is 44.8 Å². The lowest BCUT2D eigenvalue weighted by Crippen LogP contribution is -2.52. The van der Waals surface area contributed by atoms with E-state index in [2.05, 4.69) is 39.9 Å². The summed E-state index contributed by atoms with van der Waals surface area (Å²) in [7, 11) is 0. The molecule has 5 heteroatoms. The van der Waals surface area contributed by atoms with E-state index >= 15 is 0 Å². The molecule has 2 aliphatic rings. The lowest BCUT2D eigenvalue weighted by Gasteiger charge is -2.40. The molecular formula is C21H27NO2S2. The van der Waals surface area contributed by atoms with E-state index in [-0.39, 0.29) is 5.41 Å². The van der Waals surface area contributed by atoms with Crippen molar-refractivity contribution < 1.29 is 9.53 Å². The quantitative estimate of drug-likeness (QED) is 0.705. The van der Waals surface area contributed by atoms with Crippen LogP contribution < -0.4 is 0 Å². The SMILES string of the molecule is O=C(N(CCc1cccs1)C1CCOCC1)C1(c2cccs2)CCCC1. The van der Waals surface area contributed by atoms with Crippen LogP contribution in [0.15, 0.2) is 35.0 Å². The number of rotatable bonds is 6. The Morgan fingerprint density at radius 2 is 1.85 bits per heavy atom. The maximum Gasteiger partial charge on any atom is 0.234 e. The van der Waals surface area contributed by atoms with E-state index in [1.54, 1.807) is 22.7 Å². The summed E-state index contributed by atoms with van der Waals surface area (Å²) in [4.78, 5) is 18.8. The van der Waals surface area contributed by atoms with E-state index in [1.807, 2.05) is 0 Å². The largest absolute Gasteiger partial charge is 0.381 e. The van der Waals surface area contributed by atoms with Gasteiger partial charge in [0.15, 0.2) is 0 Å². The van der Waals surface area contributed by atoms with Crippen LogP contribution in [-0.2, 0) is 21.4 Å². The molecular weight excluding hydrogens is 362 g/mol. The number of thiophene rings is 2. The Morgan fingerprint density at radius 1 is 1.12 bits per heavy atom. The molecule has 3 nitrogen and oxygen atoms in total. The predicted molar refractivity (Wildman–Crippen MR) is 108 cm³/mol. The third kappa shape index (κ3) is 3.62. The van der Waals surface area contributed by atoms with Crippen LogP contribution in [0.25, 0.3) is 0 Å². The summed E-state index contributed by atoms with van der Waals surface area (Å²) in [5, 5.41) is 4.24. The van der Waals surface area contributed by atoms with Gasteiger partial charge in [0, 0.05) is 35.6 Å². The average Bonchev–Trinajstić information content (AvgIpc) is 3.44. The highest BCUT2D eigenvalue weighted by Crippen LogP contribution is 2.45. The van der Waals surface area contributed by atoms with E-state index in [9.17, 15) is 4.79 Å². The molecule has 0 radical (unpaired) electrons. The van der Waals surface area contributed by atoms with Crippen molar-refractivity contribution in [1.29, 1.82) is 0 Å². The molecule has 140 valence electrons. The van der Waals surface area contributed by atoms with Crippen LogP contribution in [0.4, 0.5) is 0 Å². The molecule has 0 N–H and O–H groups in total. The number of carbonyl (C=O) groups is 1. The minimum absolute atomic E-state index is 0.276. The van der Waals surface area contributed by atoms with Gasteiger partial charge in [-0.3, -0.25) is 4.79 Å². The molecule has 2 fully saturated rings. The second-order valence-corrected chi connectivity index (χ2v) is 9.42. The molecule has 4 rings (SSSR count). The Kier molecular flexibility index (Phi) is 5.77. The molecule has 1 aliphatic carbocycles. The zero-order chi connectivity index (χ0) is 17.8. The molecule has 0 spiro atoms. The van der Waals surface area contributed by atoms with Gasteiger partial charge >= 0.3 is 0 Å². The lowest BCUT2D eigenvalue weighted by molar-refractivity contribution is -0.141. The molecule has 26 heavy (non-hydrogen) atoms. The summed E-state index contributed by atoms with van der Waals surface area (Å²) >= 11 is 3.55. The molecule has 0 atom stereocenters. The molecule has 1 amide bonds. The standard InChI is InChI=1S/C21H27NO2S2/c23-20(21(10-1-2-11-21)19-6-4-16-26-19)22(17-8-13-24-14-9-17)12-7-18-5-3-15-25-18/h3-6,15-17H,1-2,7-14H2. The van der Waals surface area contributed by atoms with Crippen LogP contribution in [0.2, 0.25) is 0 Å². The minimum atomic E-state index is -0.276. The third-order valence-electron chi connectivity index (χ3n) is 5.93. The van der Waals surface area contributed by atoms with Crippen LogP contribution in [0.1, 0.15) is 48.3 Å². The monoisotopic (exact) mass is 389 g/mol. The molecule has 0 unspecified atom stereocenters. The Hall–Kier alpha value is -1.17. The summed E-state index contributed by atoms with van der Waals surface area (Å²) in [6.07, 6.45) is 7.23. The van der Waals surface area contributed by atoms with E-state index < -0.39 is 0 Å². The third-order valence-corrected chi connectivity index (χ3v) is 7.94. The maximum atomic E-state index is 13.9. The fourth-order valence-electron chi connectivity index (χ4n) is 4.50. The maximum absolute atomic E-state index is 13.9. The summed E-state index contributed by atoms with van der Waals surface area (Å²) in [5.41, 5.74) is -0.276. The Balaban J connectivity index is 1.59. The molecule has 0 aromatic carbocycles. The van der Waals surface area contributed by atoms with Gasteiger partial charge in [-0.05, 0) is 55.0 Å². The first kappa shape index (κ1) is 18.2. The summed E-state index contributed by atoms with van der Waals surface area (Å²) < 4.78 is 5.57. The van der Waals surface area contributed by atoms with Gasteiger partial charge in [-0.15, -0.1) is 22.7 Å². The van der Waals surface area contributed by atoms with Gasteiger partial charge in [0.1, 0.15) is 0 Å². The van der Waals surface area contributed by atoms with Gasteiger partial charge < -0.3 is 9.64 Å². The van der Waals surface area contributed by atoms with Crippen molar-refractivity contribution in [1.82, 2.24) is 4.90 Å².